The van der Waals surface area contributed by atoms with Crippen LogP contribution in [0.1, 0.15) is 26.6 Å². The van der Waals surface area contributed by atoms with E-state index in [0.29, 0.717) is 29.8 Å². The van der Waals surface area contributed by atoms with Crippen LogP contribution in [0.5, 0.6) is 5.75 Å². The van der Waals surface area contributed by atoms with E-state index in [4.69, 9.17) is 4.74 Å². The van der Waals surface area contributed by atoms with Gasteiger partial charge < -0.3 is 9.72 Å². The number of rotatable bonds is 6. The summed E-state index contributed by atoms with van der Waals surface area (Å²) in [5.41, 5.74) is 3.82. The number of hydrogen-bond donors (Lipinski definition) is 3. The lowest BCUT2D eigenvalue weighted by atomic mass is 10.1. The highest BCUT2D eigenvalue weighted by molar-refractivity contribution is 7.12. The maximum Gasteiger partial charge on any atom is 0.268 e. The molecule has 0 aliphatic rings. The lowest BCUT2D eigenvalue weighted by molar-refractivity contribution is 0.0981. The number of aromatic amines is 1. The lowest BCUT2D eigenvalue weighted by Gasteiger charge is -2.11. The molecule has 0 unspecified atom stereocenters. The summed E-state index contributed by atoms with van der Waals surface area (Å²) in [5.74, 6) is 1.28. The van der Waals surface area contributed by atoms with Gasteiger partial charge in [0, 0.05) is 35.0 Å². The minimum absolute atomic E-state index is 0.229. The van der Waals surface area contributed by atoms with E-state index in [1.807, 2.05) is 55.8 Å². The molecule has 0 bridgehead atoms. The van der Waals surface area contributed by atoms with E-state index in [2.05, 4.69) is 30.6 Å². The number of nitrogens with zero attached hydrogens (tertiary/aromatic N) is 3. The standard InChI is InChI=1S/C23H24N6O2S/c1-14-11-15(2)27-23(26-14)29-22(28-21(30)20-5-4-10-32-20)24-9-8-16-13-25-19-7-6-17(31-3)12-18(16)19/h4-7,10-13,25H,8-9H2,1-3H3,(H2,24,26,27,28,29,30). The highest BCUT2D eigenvalue weighted by Crippen LogP contribution is 2.24. The van der Waals surface area contributed by atoms with Crippen molar-refractivity contribution in [3.05, 3.63) is 69.8 Å². The average molecular weight is 449 g/mol. The Bertz CT molecular complexity index is 1240. The van der Waals surface area contributed by atoms with Crippen LogP contribution in [0.4, 0.5) is 5.95 Å². The zero-order valence-electron chi connectivity index (χ0n) is 18.1. The van der Waals surface area contributed by atoms with Gasteiger partial charge in [-0.05, 0) is 61.5 Å². The summed E-state index contributed by atoms with van der Waals surface area (Å²) in [4.78, 5) is 29.9. The summed E-state index contributed by atoms with van der Waals surface area (Å²) in [6.07, 6.45) is 2.66. The van der Waals surface area contributed by atoms with Crippen LogP contribution in [0.3, 0.4) is 0 Å². The summed E-state index contributed by atoms with van der Waals surface area (Å²) in [5, 5.41) is 8.86. The van der Waals surface area contributed by atoms with Crippen LogP contribution in [0.25, 0.3) is 10.9 Å². The predicted molar refractivity (Wildman–Crippen MR) is 128 cm³/mol. The van der Waals surface area contributed by atoms with E-state index in [9.17, 15) is 4.79 Å². The molecule has 0 saturated heterocycles. The van der Waals surface area contributed by atoms with Crippen LogP contribution in [0.15, 0.2) is 53.0 Å². The maximum atomic E-state index is 12.6. The summed E-state index contributed by atoms with van der Waals surface area (Å²) in [6.45, 7) is 4.25. The number of guanidine groups is 1. The number of benzene rings is 1. The number of H-pyrrole nitrogens is 1. The monoisotopic (exact) mass is 448 g/mol. The Morgan fingerprint density at radius 3 is 2.72 bits per heavy atom. The van der Waals surface area contributed by atoms with Crippen molar-refractivity contribution in [2.24, 2.45) is 4.99 Å². The molecule has 4 aromatic rings. The Labute approximate surface area is 189 Å². The Balaban J connectivity index is 1.54. The summed E-state index contributed by atoms with van der Waals surface area (Å²) >= 11 is 1.37. The van der Waals surface area contributed by atoms with Gasteiger partial charge in [0.15, 0.2) is 0 Å². The number of thiophene rings is 1. The van der Waals surface area contributed by atoms with Gasteiger partial charge >= 0.3 is 0 Å². The van der Waals surface area contributed by atoms with E-state index in [0.717, 1.165) is 33.6 Å². The topological polar surface area (TPSA) is 104 Å². The first-order valence-electron chi connectivity index (χ1n) is 10.1. The number of nitrogens with one attached hydrogen (secondary N) is 3. The number of fused-ring (bicyclic) bond motifs is 1. The van der Waals surface area contributed by atoms with Crippen molar-refractivity contribution in [2.75, 3.05) is 19.0 Å². The molecular weight excluding hydrogens is 424 g/mol. The van der Waals surface area contributed by atoms with Crippen LogP contribution in [0.2, 0.25) is 0 Å². The van der Waals surface area contributed by atoms with Gasteiger partial charge in [-0.15, -0.1) is 11.3 Å². The van der Waals surface area contributed by atoms with Crippen LogP contribution >= 0.6 is 11.3 Å². The van der Waals surface area contributed by atoms with Crippen molar-refractivity contribution in [3.8, 4) is 5.75 Å². The fourth-order valence-corrected chi connectivity index (χ4v) is 3.97. The number of aryl methyl sites for hydroxylation is 2. The number of aromatic nitrogens is 3. The van der Waals surface area contributed by atoms with Crippen LogP contribution in [-0.2, 0) is 6.42 Å². The molecule has 0 aliphatic carbocycles. The fourth-order valence-electron chi connectivity index (χ4n) is 3.35. The number of methoxy groups -OCH3 is 1. The smallest absolute Gasteiger partial charge is 0.268 e. The Kier molecular flexibility index (Phi) is 6.46. The molecule has 0 fully saturated rings. The third kappa shape index (κ3) is 5.12. The van der Waals surface area contributed by atoms with Crippen LogP contribution in [-0.4, -0.2) is 40.5 Å². The van der Waals surface area contributed by atoms with Gasteiger partial charge in [-0.25, -0.2) is 9.97 Å². The van der Waals surface area contributed by atoms with Crippen LogP contribution < -0.4 is 15.4 Å². The SMILES string of the molecule is COc1ccc2[nH]cc(CCN=C(NC(=O)c3cccs3)Nc3nc(C)cc(C)n3)c2c1. The first kappa shape index (κ1) is 21.5. The third-order valence-corrected chi connectivity index (χ3v) is 5.68. The van der Waals surface area contributed by atoms with Gasteiger partial charge in [-0.3, -0.25) is 20.4 Å². The number of aliphatic imine (C=N–C) groups is 1. The summed E-state index contributed by atoms with van der Waals surface area (Å²) < 4.78 is 5.34. The largest absolute Gasteiger partial charge is 0.497 e. The van der Waals surface area contributed by atoms with Gasteiger partial charge in [-0.2, -0.15) is 0 Å². The number of carbonyl (C=O) groups excluding carboxylic acids is 1. The molecule has 8 nitrogen and oxygen atoms in total. The summed E-state index contributed by atoms with van der Waals surface area (Å²) in [7, 11) is 1.65. The second-order valence-corrected chi connectivity index (χ2v) is 8.18. The minimum atomic E-state index is -0.229. The summed E-state index contributed by atoms with van der Waals surface area (Å²) in [6, 6.07) is 11.4. The van der Waals surface area contributed by atoms with Crippen molar-refractivity contribution in [2.45, 2.75) is 20.3 Å². The second kappa shape index (κ2) is 9.61. The zero-order valence-corrected chi connectivity index (χ0v) is 18.9. The molecule has 164 valence electrons. The molecule has 4 rings (SSSR count). The highest BCUT2D eigenvalue weighted by Gasteiger charge is 2.12. The zero-order chi connectivity index (χ0) is 22.5. The lowest BCUT2D eigenvalue weighted by Crippen LogP contribution is -2.36. The molecule has 3 N–H and O–H groups in total. The van der Waals surface area contributed by atoms with Gasteiger partial charge in [-0.1, -0.05) is 6.07 Å². The van der Waals surface area contributed by atoms with Crippen molar-refractivity contribution in [3.63, 3.8) is 0 Å². The number of ether oxygens (including phenoxy) is 1. The van der Waals surface area contributed by atoms with E-state index in [-0.39, 0.29) is 5.91 Å². The Hall–Kier alpha value is -3.72. The number of carbonyl (C=O) groups is 1. The first-order valence-corrected chi connectivity index (χ1v) is 11.0. The van der Waals surface area contributed by atoms with Crippen LogP contribution in [0, 0.1) is 13.8 Å². The van der Waals surface area contributed by atoms with Crippen molar-refractivity contribution in [1.29, 1.82) is 0 Å². The molecule has 0 spiro atoms. The van der Waals surface area contributed by atoms with Crippen molar-refractivity contribution < 1.29 is 9.53 Å². The molecule has 1 aromatic carbocycles. The van der Waals surface area contributed by atoms with Gasteiger partial charge in [0.05, 0.1) is 12.0 Å². The van der Waals surface area contributed by atoms with Crippen molar-refractivity contribution in [1.82, 2.24) is 20.3 Å². The van der Waals surface area contributed by atoms with Gasteiger partial charge in [0.25, 0.3) is 5.91 Å². The predicted octanol–water partition coefficient (Wildman–Crippen LogP) is 4.09. The highest BCUT2D eigenvalue weighted by atomic mass is 32.1. The second-order valence-electron chi connectivity index (χ2n) is 7.24. The maximum absolute atomic E-state index is 12.6. The molecule has 0 saturated carbocycles. The Morgan fingerprint density at radius 2 is 2.00 bits per heavy atom. The molecule has 1 amide bonds. The molecular formula is C23H24N6O2S. The molecule has 9 heteroatoms. The van der Waals surface area contributed by atoms with Crippen molar-refractivity contribution >= 4 is 40.1 Å². The minimum Gasteiger partial charge on any atom is -0.497 e. The molecule has 0 atom stereocenters. The van der Waals surface area contributed by atoms with E-state index >= 15 is 0 Å². The number of amides is 1. The molecule has 0 aliphatic heterocycles. The quantitative estimate of drug-likeness (QED) is 0.304. The number of hydrogen-bond acceptors (Lipinski definition) is 6. The molecule has 3 aromatic heterocycles. The number of anilines is 1. The van der Waals surface area contributed by atoms with E-state index in [1.54, 1.807) is 13.2 Å². The first-order chi connectivity index (χ1) is 15.5. The van der Waals surface area contributed by atoms with E-state index < -0.39 is 0 Å². The third-order valence-electron chi connectivity index (χ3n) is 4.82. The van der Waals surface area contributed by atoms with E-state index in [1.165, 1.54) is 11.3 Å². The fraction of sp³-hybridized carbons (Fsp3) is 0.217. The normalized spacial score (nSPS) is 11.5. The molecule has 32 heavy (non-hydrogen) atoms. The average Bonchev–Trinajstić information content (AvgIpc) is 3.43. The Morgan fingerprint density at radius 1 is 1.19 bits per heavy atom. The van der Waals surface area contributed by atoms with Gasteiger partial charge in [0.2, 0.25) is 11.9 Å². The molecule has 0 radical (unpaired) electrons. The molecule has 3 heterocycles. The van der Waals surface area contributed by atoms with Gasteiger partial charge in [0.1, 0.15) is 5.75 Å².